The minimum atomic E-state index is 0. The van der Waals surface area contributed by atoms with Crippen LogP contribution in [0, 0.1) is 5.41 Å². The molecule has 1 saturated heterocycles. The number of aliphatic imine (C=N–C) groups is 1. The number of rotatable bonds is 9. The van der Waals surface area contributed by atoms with E-state index >= 15 is 0 Å². The van der Waals surface area contributed by atoms with E-state index in [0.717, 1.165) is 57.6 Å². The van der Waals surface area contributed by atoms with Crippen LogP contribution in [0.3, 0.4) is 0 Å². The lowest BCUT2D eigenvalue weighted by Gasteiger charge is -2.30. The largest absolute Gasteiger partial charge is 0.382 e. The highest BCUT2D eigenvalue weighted by Gasteiger charge is 2.33. The quantitative estimate of drug-likeness (QED) is 0.216. The van der Waals surface area contributed by atoms with Crippen LogP contribution in [-0.4, -0.2) is 50.8 Å². The first-order valence-electron chi connectivity index (χ1n) is 11.5. The van der Waals surface area contributed by atoms with Gasteiger partial charge >= 0.3 is 0 Å². The zero-order chi connectivity index (χ0) is 20.4. The molecular weight excluding hydrogens is 489 g/mol. The van der Waals surface area contributed by atoms with Crippen LogP contribution in [0.2, 0.25) is 0 Å². The predicted molar refractivity (Wildman–Crippen MR) is 136 cm³/mol. The maximum absolute atomic E-state index is 5.64. The van der Waals surface area contributed by atoms with E-state index in [0.29, 0.717) is 5.41 Å². The number of guanidine groups is 1. The molecule has 0 atom stereocenters. The molecule has 1 aromatic heterocycles. The van der Waals surface area contributed by atoms with Crippen molar-refractivity contribution in [3.63, 3.8) is 0 Å². The number of hydrogen-bond donors (Lipinski definition) is 2. The van der Waals surface area contributed by atoms with Gasteiger partial charge in [-0.15, -0.1) is 24.0 Å². The summed E-state index contributed by atoms with van der Waals surface area (Å²) in [5.74, 6) is 1.98. The molecule has 0 aromatic carbocycles. The highest BCUT2D eigenvalue weighted by Crippen LogP contribution is 2.40. The molecule has 170 valence electrons. The van der Waals surface area contributed by atoms with Gasteiger partial charge in [0.2, 0.25) is 0 Å². The molecule has 0 radical (unpaired) electrons. The molecule has 2 heterocycles. The number of halogens is 1. The molecule has 2 aliphatic rings. The number of hydrogen-bond acceptors (Lipinski definition) is 4. The van der Waals surface area contributed by atoms with E-state index in [1.54, 1.807) is 0 Å². The van der Waals surface area contributed by atoms with Gasteiger partial charge in [0.15, 0.2) is 5.96 Å². The summed E-state index contributed by atoms with van der Waals surface area (Å²) in [6, 6.07) is 4.31. The first kappa shape index (κ1) is 25.2. The Bertz CT molecular complexity index is 642. The summed E-state index contributed by atoms with van der Waals surface area (Å²) in [7, 11) is 1.85. The highest BCUT2D eigenvalue weighted by atomic mass is 127. The second-order valence-corrected chi connectivity index (χ2v) is 8.50. The molecule has 0 amide bonds. The van der Waals surface area contributed by atoms with Crippen molar-refractivity contribution < 1.29 is 4.74 Å². The summed E-state index contributed by atoms with van der Waals surface area (Å²) < 4.78 is 5.64. The third kappa shape index (κ3) is 7.55. The molecule has 1 aliphatic heterocycles. The van der Waals surface area contributed by atoms with Crippen molar-refractivity contribution in [2.45, 2.75) is 64.8 Å². The van der Waals surface area contributed by atoms with Crippen molar-refractivity contribution in [2.24, 2.45) is 10.4 Å². The van der Waals surface area contributed by atoms with Gasteiger partial charge in [-0.1, -0.05) is 12.8 Å². The lowest BCUT2D eigenvalue weighted by Crippen LogP contribution is -2.43. The maximum Gasteiger partial charge on any atom is 0.191 e. The summed E-state index contributed by atoms with van der Waals surface area (Å²) in [5.41, 5.74) is 1.60. The maximum atomic E-state index is 5.64. The highest BCUT2D eigenvalue weighted by molar-refractivity contribution is 14.0. The van der Waals surface area contributed by atoms with Crippen molar-refractivity contribution in [2.75, 3.05) is 44.8 Å². The molecule has 30 heavy (non-hydrogen) atoms. The van der Waals surface area contributed by atoms with Crippen LogP contribution < -0.4 is 15.5 Å². The molecule has 1 saturated carbocycles. The second-order valence-electron chi connectivity index (χ2n) is 8.50. The van der Waals surface area contributed by atoms with Crippen LogP contribution in [0.25, 0.3) is 0 Å². The van der Waals surface area contributed by atoms with Gasteiger partial charge in [-0.2, -0.15) is 0 Å². The Morgan fingerprint density at radius 2 is 1.93 bits per heavy atom. The molecule has 6 nitrogen and oxygen atoms in total. The molecule has 0 spiro atoms. The minimum Gasteiger partial charge on any atom is -0.382 e. The number of ether oxygens (including phenoxy) is 1. The molecule has 1 aromatic rings. The van der Waals surface area contributed by atoms with Gasteiger partial charge in [0.05, 0.1) is 0 Å². The Morgan fingerprint density at radius 1 is 1.17 bits per heavy atom. The molecule has 2 N–H and O–H groups in total. The fourth-order valence-corrected chi connectivity index (χ4v) is 4.62. The zero-order valence-corrected chi connectivity index (χ0v) is 21.1. The standard InChI is InChI=1S/C23H39N5O.HI/c1-3-29-16-12-23(10-5-6-11-23)19-27-22(24-2)26-18-20-9-13-25-21(17-20)28-14-7-4-8-15-28;/h9,13,17H,3-8,10-12,14-16,18-19H2,1-2H3,(H2,24,26,27);1H. The van der Waals surface area contributed by atoms with Gasteiger partial charge in [0, 0.05) is 52.6 Å². The topological polar surface area (TPSA) is 61.8 Å². The molecule has 1 aliphatic carbocycles. The average molecular weight is 530 g/mol. The number of piperidine rings is 1. The predicted octanol–water partition coefficient (Wildman–Crippen LogP) is 4.34. The third-order valence-corrected chi connectivity index (χ3v) is 6.45. The molecule has 0 bridgehead atoms. The SMILES string of the molecule is CCOCCC1(CNC(=NC)NCc2ccnc(N3CCCCC3)c2)CCCC1.I. The average Bonchev–Trinajstić information content (AvgIpc) is 3.24. The summed E-state index contributed by atoms with van der Waals surface area (Å²) >= 11 is 0. The van der Waals surface area contributed by atoms with E-state index in [1.165, 1.54) is 50.5 Å². The van der Waals surface area contributed by atoms with Gasteiger partial charge in [-0.25, -0.2) is 4.98 Å². The number of anilines is 1. The van der Waals surface area contributed by atoms with Gasteiger partial charge < -0.3 is 20.3 Å². The summed E-state index contributed by atoms with van der Waals surface area (Å²) in [6.07, 6.45) is 12.2. The normalized spacial score (nSPS) is 18.7. The minimum absolute atomic E-state index is 0. The Morgan fingerprint density at radius 3 is 2.63 bits per heavy atom. The lowest BCUT2D eigenvalue weighted by molar-refractivity contribution is 0.105. The fourth-order valence-electron chi connectivity index (χ4n) is 4.62. The van der Waals surface area contributed by atoms with E-state index in [4.69, 9.17) is 4.74 Å². The van der Waals surface area contributed by atoms with Crippen LogP contribution in [0.15, 0.2) is 23.3 Å². The van der Waals surface area contributed by atoms with E-state index in [1.807, 2.05) is 13.2 Å². The van der Waals surface area contributed by atoms with Gasteiger partial charge in [-0.3, -0.25) is 4.99 Å². The van der Waals surface area contributed by atoms with Crippen LogP contribution in [-0.2, 0) is 11.3 Å². The van der Waals surface area contributed by atoms with Crippen molar-refractivity contribution in [1.29, 1.82) is 0 Å². The van der Waals surface area contributed by atoms with Gasteiger partial charge in [0.25, 0.3) is 0 Å². The van der Waals surface area contributed by atoms with E-state index in [-0.39, 0.29) is 24.0 Å². The number of pyridine rings is 1. The number of nitrogens with one attached hydrogen (secondary N) is 2. The van der Waals surface area contributed by atoms with Crippen LogP contribution >= 0.6 is 24.0 Å². The Hall–Kier alpha value is -1.09. The van der Waals surface area contributed by atoms with Crippen molar-refractivity contribution >= 4 is 35.8 Å². The van der Waals surface area contributed by atoms with E-state index in [9.17, 15) is 0 Å². The van der Waals surface area contributed by atoms with Crippen molar-refractivity contribution in [3.8, 4) is 0 Å². The second kappa shape index (κ2) is 13.3. The zero-order valence-electron chi connectivity index (χ0n) is 18.8. The van der Waals surface area contributed by atoms with Crippen LogP contribution in [0.5, 0.6) is 0 Å². The van der Waals surface area contributed by atoms with Crippen molar-refractivity contribution in [1.82, 2.24) is 15.6 Å². The fraction of sp³-hybridized carbons (Fsp3) is 0.739. The van der Waals surface area contributed by atoms with Gasteiger partial charge in [-0.05, 0) is 68.6 Å². The Kier molecular flexibility index (Phi) is 11.2. The van der Waals surface area contributed by atoms with E-state index < -0.39 is 0 Å². The monoisotopic (exact) mass is 529 g/mol. The lowest BCUT2D eigenvalue weighted by atomic mass is 9.83. The molecule has 7 heteroatoms. The van der Waals surface area contributed by atoms with Gasteiger partial charge in [0.1, 0.15) is 5.82 Å². The van der Waals surface area contributed by atoms with Crippen molar-refractivity contribution in [3.05, 3.63) is 23.9 Å². The number of nitrogens with zero attached hydrogens (tertiary/aromatic N) is 3. The molecule has 3 rings (SSSR count). The Balaban J connectivity index is 0.00000320. The summed E-state index contributed by atoms with van der Waals surface area (Å²) in [6.45, 7) is 7.71. The third-order valence-electron chi connectivity index (χ3n) is 6.45. The first-order valence-corrected chi connectivity index (χ1v) is 11.5. The molecule has 2 fully saturated rings. The Labute approximate surface area is 199 Å². The van der Waals surface area contributed by atoms with Crippen LogP contribution in [0.4, 0.5) is 5.82 Å². The number of aromatic nitrogens is 1. The molecule has 0 unspecified atom stereocenters. The summed E-state index contributed by atoms with van der Waals surface area (Å²) in [4.78, 5) is 11.4. The first-order chi connectivity index (χ1) is 14.2. The smallest absolute Gasteiger partial charge is 0.191 e. The summed E-state index contributed by atoms with van der Waals surface area (Å²) in [5, 5.41) is 7.07. The van der Waals surface area contributed by atoms with Crippen LogP contribution in [0.1, 0.15) is 63.9 Å². The van der Waals surface area contributed by atoms with E-state index in [2.05, 4.69) is 44.6 Å². The molecular formula is C23H40IN5O.